The van der Waals surface area contributed by atoms with E-state index in [1.165, 1.54) is 0 Å². The van der Waals surface area contributed by atoms with E-state index in [1.807, 2.05) is 30.5 Å². The van der Waals surface area contributed by atoms with Crippen LogP contribution in [0.4, 0.5) is 0 Å². The Hall–Kier alpha value is -2.14. The first-order valence-corrected chi connectivity index (χ1v) is 6.46. The highest BCUT2D eigenvalue weighted by atomic mass is 16.4. The number of nitrogens with one attached hydrogen (secondary N) is 1. The lowest BCUT2D eigenvalue weighted by Crippen LogP contribution is -2.14. The zero-order valence-corrected chi connectivity index (χ0v) is 10.8. The molecule has 98 valence electrons. The van der Waals surface area contributed by atoms with Gasteiger partial charge in [-0.15, -0.1) is 0 Å². The average Bonchev–Trinajstić information content (AvgIpc) is 3.05. The molecule has 0 saturated heterocycles. The summed E-state index contributed by atoms with van der Waals surface area (Å²) < 4.78 is 7.22. The number of nitrogens with zero attached hydrogens (tertiary/aromatic N) is 3. The highest BCUT2D eigenvalue weighted by molar-refractivity contribution is 5.79. The van der Waals surface area contributed by atoms with Gasteiger partial charge in [-0.1, -0.05) is 25.1 Å². The summed E-state index contributed by atoms with van der Waals surface area (Å²) in [5, 5.41) is 8.69. The van der Waals surface area contributed by atoms with E-state index in [4.69, 9.17) is 4.42 Å². The van der Waals surface area contributed by atoms with Gasteiger partial charge in [-0.2, -0.15) is 14.8 Å². The number of aromatic nitrogens is 3. The number of hydrogen-bond donors (Lipinski definition) is 1. The molecule has 0 aliphatic rings. The Balaban J connectivity index is 1.86. The quantitative estimate of drug-likeness (QED) is 0.713. The summed E-state index contributed by atoms with van der Waals surface area (Å²) in [7, 11) is 0. The van der Waals surface area contributed by atoms with Crippen molar-refractivity contribution in [2.75, 3.05) is 6.54 Å². The van der Waals surface area contributed by atoms with Crippen LogP contribution in [0, 0.1) is 0 Å². The van der Waals surface area contributed by atoms with Gasteiger partial charge in [-0.25, -0.2) is 0 Å². The molecule has 0 bridgehead atoms. The Morgan fingerprint density at radius 2 is 2.21 bits per heavy atom. The monoisotopic (exact) mass is 256 g/mol. The normalized spacial score (nSPS) is 11.2. The van der Waals surface area contributed by atoms with Crippen LogP contribution in [0.2, 0.25) is 0 Å². The molecule has 0 unspecified atom stereocenters. The van der Waals surface area contributed by atoms with Crippen molar-refractivity contribution < 1.29 is 4.42 Å². The standard InChI is InChI=1S/C14H16N4O/c1-2-7-15-9-12-10-19-14(17-12)18-13-6-4-3-5-11(13)8-16-18/h3-6,8,10,15H,2,7,9H2,1H3. The number of hydrogen-bond acceptors (Lipinski definition) is 4. The third kappa shape index (κ3) is 2.37. The van der Waals surface area contributed by atoms with Gasteiger partial charge < -0.3 is 9.73 Å². The number of fused-ring (bicyclic) bond motifs is 1. The molecule has 0 aliphatic heterocycles. The first kappa shape index (κ1) is 11.9. The zero-order chi connectivity index (χ0) is 13.1. The van der Waals surface area contributed by atoms with Gasteiger partial charge in [0.1, 0.15) is 6.26 Å². The minimum absolute atomic E-state index is 0.509. The first-order valence-electron chi connectivity index (χ1n) is 6.46. The van der Waals surface area contributed by atoms with E-state index in [0.717, 1.165) is 36.1 Å². The van der Waals surface area contributed by atoms with Crippen molar-refractivity contribution in [3.63, 3.8) is 0 Å². The van der Waals surface area contributed by atoms with E-state index >= 15 is 0 Å². The van der Waals surface area contributed by atoms with Crippen LogP contribution in [0.15, 0.2) is 41.1 Å². The minimum atomic E-state index is 0.509. The Kier molecular flexibility index (Phi) is 3.29. The summed E-state index contributed by atoms with van der Waals surface area (Å²) in [4.78, 5) is 4.45. The van der Waals surface area contributed by atoms with Crippen molar-refractivity contribution in [3.8, 4) is 6.01 Å². The van der Waals surface area contributed by atoms with E-state index in [0.29, 0.717) is 6.01 Å². The Morgan fingerprint density at radius 3 is 3.11 bits per heavy atom. The maximum Gasteiger partial charge on any atom is 0.323 e. The second-order valence-corrected chi connectivity index (χ2v) is 4.41. The summed E-state index contributed by atoms with van der Waals surface area (Å²) >= 11 is 0. The molecule has 0 aliphatic carbocycles. The third-order valence-electron chi connectivity index (χ3n) is 2.93. The van der Waals surface area contributed by atoms with Crippen molar-refractivity contribution in [3.05, 3.63) is 42.4 Å². The number of para-hydroxylation sites is 1. The van der Waals surface area contributed by atoms with Gasteiger partial charge in [0.05, 0.1) is 17.4 Å². The van der Waals surface area contributed by atoms with Crippen molar-refractivity contribution in [1.29, 1.82) is 0 Å². The van der Waals surface area contributed by atoms with Gasteiger partial charge in [0.2, 0.25) is 0 Å². The van der Waals surface area contributed by atoms with Crippen LogP contribution in [-0.4, -0.2) is 21.3 Å². The fourth-order valence-electron chi connectivity index (χ4n) is 1.99. The predicted octanol–water partition coefficient (Wildman–Crippen LogP) is 2.51. The summed E-state index contributed by atoms with van der Waals surface area (Å²) in [6.45, 7) is 3.83. The lowest BCUT2D eigenvalue weighted by molar-refractivity contribution is 0.514. The molecule has 3 aromatic rings. The van der Waals surface area contributed by atoms with Crippen LogP contribution in [0.25, 0.3) is 16.9 Å². The van der Waals surface area contributed by atoms with E-state index in [-0.39, 0.29) is 0 Å². The molecule has 5 nitrogen and oxygen atoms in total. The lowest BCUT2D eigenvalue weighted by atomic mass is 10.3. The summed E-state index contributed by atoms with van der Waals surface area (Å²) in [6.07, 6.45) is 4.59. The topological polar surface area (TPSA) is 55.9 Å². The molecular weight excluding hydrogens is 240 g/mol. The van der Waals surface area contributed by atoms with Crippen LogP contribution >= 0.6 is 0 Å². The molecule has 1 N–H and O–H groups in total. The van der Waals surface area contributed by atoms with E-state index < -0.39 is 0 Å². The summed E-state index contributed by atoms with van der Waals surface area (Å²) in [5.41, 5.74) is 1.89. The highest BCUT2D eigenvalue weighted by Crippen LogP contribution is 2.17. The molecule has 0 radical (unpaired) electrons. The molecule has 0 atom stereocenters. The zero-order valence-electron chi connectivity index (χ0n) is 10.8. The van der Waals surface area contributed by atoms with Gasteiger partial charge in [0, 0.05) is 11.9 Å². The van der Waals surface area contributed by atoms with E-state index in [1.54, 1.807) is 10.9 Å². The van der Waals surface area contributed by atoms with Crippen molar-refractivity contribution in [1.82, 2.24) is 20.1 Å². The third-order valence-corrected chi connectivity index (χ3v) is 2.93. The maximum absolute atomic E-state index is 5.50. The highest BCUT2D eigenvalue weighted by Gasteiger charge is 2.10. The molecule has 2 heterocycles. The molecule has 1 aromatic carbocycles. The van der Waals surface area contributed by atoms with E-state index in [9.17, 15) is 0 Å². The van der Waals surface area contributed by atoms with E-state index in [2.05, 4.69) is 22.3 Å². The van der Waals surface area contributed by atoms with Crippen LogP contribution < -0.4 is 5.32 Å². The Morgan fingerprint density at radius 1 is 1.32 bits per heavy atom. The molecule has 19 heavy (non-hydrogen) atoms. The second-order valence-electron chi connectivity index (χ2n) is 4.41. The predicted molar refractivity (Wildman–Crippen MR) is 73.1 cm³/mol. The van der Waals surface area contributed by atoms with Crippen LogP contribution in [-0.2, 0) is 6.54 Å². The van der Waals surface area contributed by atoms with Gasteiger partial charge in [0.15, 0.2) is 0 Å². The molecule has 0 amide bonds. The van der Waals surface area contributed by atoms with Gasteiger partial charge in [-0.05, 0) is 19.0 Å². The fraction of sp³-hybridized carbons (Fsp3) is 0.286. The van der Waals surface area contributed by atoms with Crippen molar-refractivity contribution in [2.45, 2.75) is 19.9 Å². The summed E-state index contributed by atoms with van der Waals surface area (Å²) in [5.74, 6) is 0. The lowest BCUT2D eigenvalue weighted by Gasteiger charge is -1.98. The minimum Gasteiger partial charge on any atom is -0.430 e. The largest absolute Gasteiger partial charge is 0.430 e. The first-order chi connectivity index (χ1) is 9.38. The molecule has 0 spiro atoms. The number of oxazole rings is 1. The van der Waals surface area contributed by atoms with Gasteiger partial charge in [-0.3, -0.25) is 0 Å². The van der Waals surface area contributed by atoms with Gasteiger partial charge >= 0.3 is 6.01 Å². The van der Waals surface area contributed by atoms with Crippen LogP contribution in [0.5, 0.6) is 0 Å². The average molecular weight is 256 g/mol. The SMILES string of the molecule is CCCNCc1coc(-n2ncc3ccccc32)n1. The fourth-order valence-corrected chi connectivity index (χ4v) is 1.99. The van der Waals surface area contributed by atoms with Crippen molar-refractivity contribution >= 4 is 10.9 Å². The smallest absolute Gasteiger partial charge is 0.323 e. The molecule has 2 aromatic heterocycles. The number of benzene rings is 1. The molecule has 3 rings (SSSR count). The van der Waals surface area contributed by atoms with Crippen LogP contribution in [0.1, 0.15) is 19.0 Å². The maximum atomic E-state index is 5.50. The van der Waals surface area contributed by atoms with Gasteiger partial charge in [0.25, 0.3) is 0 Å². The Labute approximate surface area is 111 Å². The Bertz CT molecular complexity index is 671. The molecular formula is C14H16N4O. The molecule has 5 heteroatoms. The summed E-state index contributed by atoms with van der Waals surface area (Å²) in [6, 6.07) is 8.50. The number of rotatable bonds is 5. The van der Waals surface area contributed by atoms with Crippen LogP contribution in [0.3, 0.4) is 0 Å². The second kappa shape index (κ2) is 5.24. The molecule has 0 fully saturated rings. The molecule has 0 saturated carbocycles. The van der Waals surface area contributed by atoms with Crippen molar-refractivity contribution in [2.24, 2.45) is 0 Å².